The monoisotopic (exact) mass is 1300 g/mol. The summed E-state index contributed by atoms with van der Waals surface area (Å²) >= 11 is 0. The second-order valence-corrected chi connectivity index (χ2v) is 28.1. The molecule has 5 aliphatic heterocycles. The van der Waals surface area contributed by atoms with Gasteiger partial charge in [-0.25, -0.2) is 16.8 Å². The van der Waals surface area contributed by atoms with Gasteiger partial charge in [0.1, 0.15) is 91.1 Å². The van der Waals surface area contributed by atoms with Gasteiger partial charge in [-0.05, 0) is 101 Å². The van der Waals surface area contributed by atoms with Gasteiger partial charge in [-0.1, -0.05) is 44.9 Å². The van der Waals surface area contributed by atoms with Crippen molar-refractivity contribution in [2.45, 2.75) is 242 Å². The molecule has 0 radical (unpaired) electrons. The summed E-state index contributed by atoms with van der Waals surface area (Å²) in [6.07, 6.45) is -26.0. The molecule has 8 fully saturated rings. The Hall–Kier alpha value is -0.480. The summed E-state index contributed by atoms with van der Waals surface area (Å²) in [6, 6.07) is 0. The summed E-state index contributed by atoms with van der Waals surface area (Å²) in [5.41, 5.74) is -1.40. The number of aliphatic hydroxyl groups is 7. The zero-order chi connectivity index (χ0) is 62.5. The van der Waals surface area contributed by atoms with E-state index in [4.69, 9.17) is 52.1 Å². The molecule has 3 saturated carbocycles. The van der Waals surface area contributed by atoms with E-state index in [0.29, 0.717) is 44.9 Å². The molecular formula is C55H84Na2O28S2. The van der Waals surface area contributed by atoms with Crippen LogP contribution in [0.5, 0.6) is 0 Å². The zero-order valence-corrected chi connectivity index (χ0v) is 56.7. The number of allylic oxidation sites excluding steroid dienone is 3. The zero-order valence-electron chi connectivity index (χ0n) is 51.1. The van der Waals surface area contributed by atoms with Crippen molar-refractivity contribution in [3.63, 3.8) is 0 Å². The Morgan fingerprint density at radius 1 is 0.747 bits per heavy atom. The fraction of sp³-hybridized carbons (Fsp3) is 0.891. The van der Waals surface area contributed by atoms with Crippen molar-refractivity contribution in [2.75, 3.05) is 26.9 Å². The molecule has 4 aliphatic carbocycles. The van der Waals surface area contributed by atoms with Crippen molar-refractivity contribution in [2.24, 2.45) is 39.4 Å². The third-order valence-electron chi connectivity index (χ3n) is 20.4. The number of cyclic esters (lactones) is 1. The average molecular weight is 1300 g/mol. The van der Waals surface area contributed by atoms with E-state index in [1.54, 1.807) is 0 Å². The molecule has 5 saturated heterocycles. The molecule has 486 valence electrons. The van der Waals surface area contributed by atoms with Crippen LogP contribution < -0.4 is 59.1 Å². The van der Waals surface area contributed by atoms with Gasteiger partial charge in [0.05, 0.1) is 43.4 Å². The van der Waals surface area contributed by atoms with E-state index >= 15 is 0 Å². The largest absolute Gasteiger partial charge is 1.00 e. The van der Waals surface area contributed by atoms with E-state index in [1.807, 2.05) is 27.7 Å². The van der Waals surface area contributed by atoms with Gasteiger partial charge in [0.2, 0.25) is 20.8 Å². The average Bonchev–Trinajstić information content (AvgIpc) is 1.53. The van der Waals surface area contributed by atoms with Gasteiger partial charge < -0.3 is 97.0 Å². The first kappa shape index (κ1) is 73.9. The smallest absolute Gasteiger partial charge is 0.726 e. The van der Waals surface area contributed by atoms with Gasteiger partial charge >= 0.3 is 71.1 Å². The van der Waals surface area contributed by atoms with Crippen LogP contribution in [0, 0.1) is 39.4 Å². The van der Waals surface area contributed by atoms with Crippen molar-refractivity contribution in [3.05, 3.63) is 23.8 Å². The Morgan fingerprint density at radius 3 is 2.01 bits per heavy atom. The Labute approximate surface area is 551 Å². The van der Waals surface area contributed by atoms with Crippen molar-refractivity contribution >= 4 is 32.7 Å². The number of rotatable bonds is 19. The Morgan fingerprint density at radius 2 is 1.38 bits per heavy atom. The molecule has 0 amide bonds. The maximum absolute atomic E-state index is 14.7. The number of carbonyl (C=O) groups excluding carboxylic acids is 2. The molecule has 27 atom stereocenters. The van der Waals surface area contributed by atoms with Crippen LogP contribution in [0.15, 0.2) is 23.8 Å². The van der Waals surface area contributed by atoms with E-state index in [-0.39, 0.29) is 88.3 Å². The molecule has 0 bridgehead atoms. The molecule has 0 unspecified atom stereocenters. The molecule has 32 heteroatoms. The first-order valence-electron chi connectivity index (χ1n) is 29.0. The predicted molar refractivity (Wildman–Crippen MR) is 282 cm³/mol. The Balaban J connectivity index is 0.00000541. The molecule has 9 rings (SSSR count). The number of fused-ring (bicyclic) bond motifs is 4. The summed E-state index contributed by atoms with van der Waals surface area (Å²) in [5, 5.41) is 79.1. The summed E-state index contributed by atoms with van der Waals surface area (Å²) in [5.74, 6) is -1.14. The number of aliphatic hydroxyl groups excluding tert-OH is 7. The van der Waals surface area contributed by atoms with E-state index in [2.05, 4.69) is 34.9 Å². The standard InChI is InChI=1S/C55H86O28S2.2Na/c1-24(2)12-11-17-54(9)45-30(76-26(4)56)20-53(8)28-13-14-33-51(5,6)34(16-18-52(33,7)27(28)15-19-55(45,53)50(64)82-54)78-49-44(36(59)32(22-73-49)83-85(68,69)70)81-47-38(61)37(60)41(25(3)75-47)79-48-40(63)43(35(58)31(77-48)23-74-84(65,66)67)80-46-39(62)42(71-10)29(57)21-72-46;;/h13,25,27,29-49,57-63H,1,11-12,14-23H2,2-10H3,(H,65,66,67)(H,68,69,70);;/q;2*+1/p-2/t25-,27+,29-,30+,31-,32-,33+,34+,35-,36+,37-,38-,39-,40-,41-,42+,43+,44-,45-,46+,47+,48+,49+,52-,53+,54+,55-;;/m1../s1. The quantitative estimate of drug-likeness (QED) is 0.0208. The summed E-state index contributed by atoms with van der Waals surface area (Å²) in [6.45, 7) is 16.9. The van der Waals surface area contributed by atoms with Crippen LogP contribution in [0.25, 0.3) is 0 Å². The third kappa shape index (κ3) is 14.1. The van der Waals surface area contributed by atoms with Gasteiger partial charge in [0, 0.05) is 19.4 Å². The van der Waals surface area contributed by atoms with Crippen LogP contribution in [-0.2, 0) is 90.9 Å². The number of carbonyl (C=O) groups is 2. The number of hydrogen-bond donors (Lipinski definition) is 7. The predicted octanol–water partition coefficient (Wildman–Crippen LogP) is -6.23. The second-order valence-electron chi connectivity index (χ2n) is 26.1. The van der Waals surface area contributed by atoms with Crippen molar-refractivity contribution in [1.82, 2.24) is 0 Å². The fourth-order valence-corrected chi connectivity index (χ4v) is 17.3. The van der Waals surface area contributed by atoms with Gasteiger partial charge in [0.25, 0.3) is 0 Å². The van der Waals surface area contributed by atoms with Gasteiger partial charge in [-0.15, -0.1) is 6.58 Å². The molecule has 9 aliphatic rings. The van der Waals surface area contributed by atoms with Gasteiger partial charge in [0.15, 0.2) is 25.2 Å². The number of methoxy groups -OCH3 is 1. The van der Waals surface area contributed by atoms with Crippen molar-refractivity contribution < 1.29 is 191 Å². The van der Waals surface area contributed by atoms with Crippen LogP contribution in [-0.4, -0.2) is 229 Å². The van der Waals surface area contributed by atoms with E-state index in [9.17, 15) is 71.3 Å². The second kappa shape index (κ2) is 27.7. The molecule has 87 heavy (non-hydrogen) atoms. The molecular weight excluding hydrogens is 1220 g/mol. The van der Waals surface area contributed by atoms with Crippen LogP contribution in [0.3, 0.4) is 0 Å². The Kier molecular flexibility index (Phi) is 23.5. The van der Waals surface area contributed by atoms with Crippen LogP contribution in [0.4, 0.5) is 0 Å². The third-order valence-corrected chi connectivity index (χ3v) is 21.3. The van der Waals surface area contributed by atoms with Gasteiger partial charge in [-0.2, -0.15) is 0 Å². The molecule has 1 spiro atoms. The first-order chi connectivity index (χ1) is 39.5. The van der Waals surface area contributed by atoms with E-state index < -0.39 is 191 Å². The number of esters is 2. The maximum Gasteiger partial charge on any atom is 1.00 e. The molecule has 5 heterocycles. The SMILES string of the molecule is C=C(C)CCC[C@]1(C)OC(=O)[C@]23CC[C@H]4C(=CC[C@H]5C(C)(C)[C@@H](O[C@@H]6OC[C@@H](OS(=O)(=O)[O-])[C@H](O)[C@H]6O[C@@H]6O[C@H](C)[C@@H](O[C@@H]7O[C@H](COS(=O)(=O)[O-])[C@@H](O)[C@H](O[C@@H]8OC[C@@H](O)[C@H](OC)[C@H]8O)[C@H]7O)[C@H](O)[C@H]6O)CC[C@]45C)[C@]2(C)C[C@H](OC(C)=O)[C@@H]31.[Na+].[Na+]. The summed E-state index contributed by atoms with van der Waals surface area (Å²) in [7, 11) is -9.68. The topological polar surface area (TPSA) is 410 Å². The number of hydrogen-bond acceptors (Lipinski definition) is 28. The van der Waals surface area contributed by atoms with Crippen LogP contribution >= 0.6 is 0 Å². The molecule has 0 aromatic heterocycles. The molecule has 7 N–H and O–H groups in total. The minimum absolute atomic E-state index is 0. The maximum atomic E-state index is 14.7. The van der Waals surface area contributed by atoms with Crippen molar-refractivity contribution in [3.8, 4) is 0 Å². The molecule has 0 aromatic carbocycles. The Bertz CT molecular complexity index is 2730. The minimum Gasteiger partial charge on any atom is -0.726 e. The van der Waals surface area contributed by atoms with E-state index in [1.165, 1.54) is 21.0 Å². The summed E-state index contributed by atoms with van der Waals surface area (Å²) < 4.78 is 145. The minimum atomic E-state index is -5.46. The first-order valence-corrected chi connectivity index (χ1v) is 31.6. The van der Waals surface area contributed by atoms with Crippen molar-refractivity contribution in [1.29, 1.82) is 0 Å². The van der Waals surface area contributed by atoms with Crippen LogP contribution in [0.1, 0.15) is 113 Å². The summed E-state index contributed by atoms with van der Waals surface area (Å²) in [4.78, 5) is 27.4. The van der Waals surface area contributed by atoms with E-state index in [0.717, 1.165) is 24.0 Å². The van der Waals surface area contributed by atoms with Crippen LogP contribution in [0.2, 0.25) is 0 Å². The molecule has 28 nitrogen and oxygen atoms in total. The normalized spacial score (nSPS) is 46.9. The molecule has 0 aromatic rings. The fourth-order valence-electron chi connectivity index (χ4n) is 16.5. The number of ether oxygens (including phenoxy) is 11. The van der Waals surface area contributed by atoms with Gasteiger partial charge in [-0.3, -0.25) is 18.0 Å².